The molecule has 1 aliphatic carbocycles. The molecule has 1 fully saturated rings. The van der Waals surface area contributed by atoms with Crippen LogP contribution in [0.25, 0.3) is 11.1 Å². The molecule has 3 aromatic rings. The van der Waals surface area contributed by atoms with E-state index in [1.165, 1.54) is 49.8 Å². The van der Waals surface area contributed by atoms with Crippen molar-refractivity contribution in [1.82, 2.24) is 10.3 Å². The van der Waals surface area contributed by atoms with Gasteiger partial charge in [-0.25, -0.2) is 9.18 Å². The maximum absolute atomic E-state index is 11.9. The molecule has 5 heteroatoms. The highest BCUT2D eigenvalue weighted by Gasteiger charge is 2.11. The smallest absolute Gasteiger partial charge is 0.408 e. The lowest BCUT2D eigenvalue weighted by Gasteiger charge is -2.22. The Bertz CT molecular complexity index is 867. The van der Waals surface area contributed by atoms with Crippen molar-refractivity contribution >= 4 is 11.1 Å². The van der Waals surface area contributed by atoms with Crippen LogP contribution in [-0.4, -0.2) is 17.6 Å². The van der Waals surface area contributed by atoms with Crippen LogP contribution < -0.4 is 11.1 Å². The van der Waals surface area contributed by atoms with Crippen LogP contribution >= 0.6 is 0 Å². The van der Waals surface area contributed by atoms with Gasteiger partial charge in [-0.3, -0.25) is 4.98 Å². The van der Waals surface area contributed by atoms with E-state index in [2.05, 4.69) is 16.4 Å². The molecule has 144 valence electrons. The predicted molar refractivity (Wildman–Crippen MR) is 106 cm³/mol. The molecule has 0 amide bonds. The van der Waals surface area contributed by atoms with E-state index in [0.717, 1.165) is 30.9 Å². The number of aryl methyl sites for hydroxylation is 1. The Labute approximate surface area is 158 Å². The highest BCUT2D eigenvalue weighted by Crippen LogP contribution is 2.17. The van der Waals surface area contributed by atoms with Crippen LogP contribution in [0, 0.1) is 5.82 Å². The second-order valence-corrected chi connectivity index (χ2v) is 7.03. The summed E-state index contributed by atoms with van der Waals surface area (Å²) in [5.41, 5.74) is 2.66. The van der Waals surface area contributed by atoms with Crippen molar-refractivity contribution in [2.45, 2.75) is 51.0 Å². The number of aromatic amines is 1. The van der Waals surface area contributed by atoms with Crippen molar-refractivity contribution in [3.8, 4) is 0 Å². The second kappa shape index (κ2) is 10.1. The summed E-state index contributed by atoms with van der Waals surface area (Å²) in [5.74, 6) is -0.557. The van der Waals surface area contributed by atoms with Crippen LogP contribution in [0.5, 0.6) is 0 Å². The van der Waals surface area contributed by atoms with Crippen LogP contribution in [0.3, 0.4) is 0 Å². The number of halogens is 1. The summed E-state index contributed by atoms with van der Waals surface area (Å²) in [6, 6.07) is 14.6. The Kier molecular flexibility index (Phi) is 7.22. The van der Waals surface area contributed by atoms with Gasteiger partial charge in [0.25, 0.3) is 0 Å². The van der Waals surface area contributed by atoms with Crippen LogP contribution in [0.4, 0.5) is 4.39 Å². The largest absolute Gasteiger partial charge is 0.417 e. The highest BCUT2D eigenvalue weighted by molar-refractivity contribution is 5.72. The number of rotatable bonds is 5. The van der Waals surface area contributed by atoms with Gasteiger partial charge in [0.15, 0.2) is 5.58 Å². The van der Waals surface area contributed by atoms with Crippen molar-refractivity contribution in [1.29, 1.82) is 0 Å². The molecule has 4 rings (SSSR count). The number of nitrogens with one attached hydrogen (secondary N) is 2. The molecule has 0 radical (unpaired) electrons. The predicted octanol–water partition coefficient (Wildman–Crippen LogP) is 4.80. The lowest BCUT2D eigenvalue weighted by atomic mass is 9.95. The van der Waals surface area contributed by atoms with Gasteiger partial charge >= 0.3 is 5.76 Å². The van der Waals surface area contributed by atoms with Gasteiger partial charge in [0.1, 0.15) is 5.82 Å². The van der Waals surface area contributed by atoms with E-state index in [0.29, 0.717) is 5.58 Å². The Morgan fingerprint density at radius 2 is 1.85 bits per heavy atom. The maximum Gasteiger partial charge on any atom is 0.417 e. The van der Waals surface area contributed by atoms with Crippen LogP contribution in [0.2, 0.25) is 0 Å². The Hall–Kier alpha value is -2.40. The first-order chi connectivity index (χ1) is 13.2. The molecule has 27 heavy (non-hydrogen) atoms. The average Bonchev–Trinajstić information content (AvgIpc) is 3.06. The number of H-pyrrole nitrogens is 1. The van der Waals surface area contributed by atoms with Crippen molar-refractivity contribution in [2.75, 3.05) is 6.54 Å². The van der Waals surface area contributed by atoms with Gasteiger partial charge in [-0.05, 0) is 62.1 Å². The number of oxazole rings is 1. The summed E-state index contributed by atoms with van der Waals surface area (Å²) in [4.78, 5) is 13.8. The van der Waals surface area contributed by atoms with Gasteiger partial charge in [-0.2, -0.15) is 0 Å². The second-order valence-electron chi connectivity index (χ2n) is 7.03. The fraction of sp³-hybridized carbons (Fsp3) is 0.409. The lowest BCUT2D eigenvalue weighted by Crippen LogP contribution is -2.31. The maximum atomic E-state index is 11.9. The van der Waals surface area contributed by atoms with Crippen LogP contribution in [0.1, 0.15) is 44.1 Å². The summed E-state index contributed by atoms with van der Waals surface area (Å²) in [7, 11) is 0. The molecule has 0 aliphatic heterocycles. The van der Waals surface area contributed by atoms with Crippen molar-refractivity contribution < 1.29 is 8.81 Å². The SMILES string of the molecule is Fc1ccccc1.O=c1[nH]c2ccc(CCCNC3CCCCC3)cc2o1. The number of benzene rings is 2. The third-order valence-electron chi connectivity index (χ3n) is 4.90. The monoisotopic (exact) mass is 370 g/mol. The Morgan fingerprint density at radius 1 is 1.07 bits per heavy atom. The fourth-order valence-corrected chi connectivity index (χ4v) is 3.47. The van der Waals surface area contributed by atoms with E-state index in [9.17, 15) is 9.18 Å². The van der Waals surface area contributed by atoms with Gasteiger partial charge < -0.3 is 9.73 Å². The van der Waals surface area contributed by atoms with Crippen molar-refractivity contribution in [3.05, 3.63) is 70.5 Å². The molecule has 1 saturated carbocycles. The van der Waals surface area contributed by atoms with Gasteiger partial charge in [-0.15, -0.1) is 0 Å². The zero-order chi connectivity index (χ0) is 18.9. The topological polar surface area (TPSA) is 58.0 Å². The van der Waals surface area contributed by atoms with E-state index < -0.39 is 0 Å². The lowest BCUT2D eigenvalue weighted by molar-refractivity contribution is 0.372. The third-order valence-corrected chi connectivity index (χ3v) is 4.90. The summed E-state index contributed by atoms with van der Waals surface area (Å²) in [6.07, 6.45) is 8.96. The van der Waals surface area contributed by atoms with Gasteiger partial charge in [0.05, 0.1) is 5.52 Å². The standard InChI is InChI=1S/C16H22N2O2.C6H5F/c19-16-18-14-9-8-12(11-15(14)20-16)5-4-10-17-13-6-2-1-3-7-13;7-6-4-2-1-3-5-6/h8-9,11,13,17H,1-7,10H2,(H,18,19);1-5H. The Morgan fingerprint density at radius 3 is 2.56 bits per heavy atom. The van der Waals surface area contributed by atoms with Gasteiger partial charge in [0.2, 0.25) is 0 Å². The molecule has 1 aliphatic rings. The van der Waals surface area contributed by atoms with Crippen molar-refractivity contribution in [2.24, 2.45) is 0 Å². The fourth-order valence-electron chi connectivity index (χ4n) is 3.47. The summed E-state index contributed by atoms with van der Waals surface area (Å²) >= 11 is 0. The summed E-state index contributed by atoms with van der Waals surface area (Å²) in [5, 5.41) is 3.65. The number of hydrogen-bond acceptors (Lipinski definition) is 3. The molecule has 1 aromatic heterocycles. The molecular weight excluding hydrogens is 343 g/mol. The number of fused-ring (bicyclic) bond motifs is 1. The molecule has 0 spiro atoms. The number of aromatic nitrogens is 1. The first-order valence-corrected chi connectivity index (χ1v) is 9.76. The molecule has 0 atom stereocenters. The first-order valence-electron chi connectivity index (χ1n) is 9.76. The van der Waals surface area contributed by atoms with E-state index in [-0.39, 0.29) is 11.6 Å². The molecule has 0 saturated heterocycles. The molecule has 1 heterocycles. The summed E-state index contributed by atoms with van der Waals surface area (Å²) in [6.45, 7) is 1.07. The van der Waals surface area contributed by atoms with E-state index in [4.69, 9.17) is 4.42 Å². The van der Waals surface area contributed by atoms with E-state index >= 15 is 0 Å². The zero-order valence-corrected chi connectivity index (χ0v) is 15.5. The average molecular weight is 370 g/mol. The minimum atomic E-state index is -0.379. The molecule has 2 N–H and O–H groups in total. The highest BCUT2D eigenvalue weighted by atomic mass is 19.1. The summed E-state index contributed by atoms with van der Waals surface area (Å²) < 4.78 is 17.0. The molecule has 4 nitrogen and oxygen atoms in total. The van der Waals surface area contributed by atoms with Gasteiger partial charge in [-0.1, -0.05) is 43.5 Å². The first kappa shape index (κ1) is 19.4. The van der Waals surface area contributed by atoms with Crippen molar-refractivity contribution in [3.63, 3.8) is 0 Å². The Balaban J connectivity index is 0.000000253. The number of hydrogen-bond donors (Lipinski definition) is 2. The molecule has 0 bridgehead atoms. The minimum Gasteiger partial charge on any atom is -0.408 e. The minimum absolute atomic E-state index is 0.178. The van der Waals surface area contributed by atoms with Gasteiger partial charge in [0, 0.05) is 6.04 Å². The molecule has 2 aromatic carbocycles. The molecular formula is C22H27FN2O2. The third kappa shape index (κ3) is 6.36. The van der Waals surface area contributed by atoms with E-state index in [1.807, 2.05) is 12.1 Å². The normalized spacial score (nSPS) is 14.7. The van der Waals surface area contributed by atoms with Crippen LogP contribution in [-0.2, 0) is 6.42 Å². The quantitative estimate of drug-likeness (QED) is 0.634. The van der Waals surface area contributed by atoms with Crippen LogP contribution in [0.15, 0.2) is 57.7 Å². The molecule has 0 unspecified atom stereocenters. The zero-order valence-electron chi connectivity index (χ0n) is 15.5. The van der Waals surface area contributed by atoms with E-state index in [1.54, 1.807) is 18.2 Å².